The summed E-state index contributed by atoms with van der Waals surface area (Å²) in [7, 11) is 1.30. The lowest BCUT2D eigenvalue weighted by atomic mass is 10.0. The second-order valence-corrected chi connectivity index (χ2v) is 7.13. The molecular formula is C26H25FN2O3. The number of rotatable bonds is 8. The first-order valence-corrected chi connectivity index (χ1v) is 10.2. The molecule has 0 saturated heterocycles. The third-order valence-corrected chi connectivity index (χ3v) is 4.92. The number of ether oxygens (including phenoxy) is 1. The molecule has 0 aliphatic rings. The lowest BCUT2D eigenvalue weighted by Gasteiger charge is -2.15. The van der Waals surface area contributed by atoms with Gasteiger partial charge in [0.05, 0.1) is 18.2 Å². The van der Waals surface area contributed by atoms with Gasteiger partial charge in [-0.3, -0.25) is 9.59 Å². The van der Waals surface area contributed by atoms with Crippen LogP contribution in [0.15, 0.2) is 84.6 Å². The van der Waals surface area contributed by atoms with E-state index in [-0.39, 0.29) is 17.2 Å². The van der Waals surface area contributed by atoms with Crippen LogP contribution in [0.3, 0.4) is 0 Å². The molecule has 5 nitrogen and oxygen atoms in total. The van der Waals surface area contributed by atoms with Crippen LogP contribution in [0.25, 0.3) is 5.57 Å². The smallest absolute Gasteiger partial charge is 0.259 e. The second kappa shape index (κ2) is 10.9. The Hall–Kier alpha value is -3.93. The number of para-hydroxylation sites is 1. The maximum Gasteiger partial charge on any atom is 0.259 e. The van der Waals surface area contributed by atoms with Crippen molar-refractivity contribution in [2.24, 2.45) is 0 Å². The fourth-order valence-corrected chi connectivity index (χ4v) is 3.37. The Kier molecular flexibility index (Phi) is 7.75. The monoisotopic (exact) mass is 432 g/mol. The average Bonchev–Trinajstić information content (AvgIpc) is 2.80. The molecule has 3 aromatic carbocycles. The number of allylic oxidation sites excluding steroid dienone is 1. The summed E-state index contributed by atoms with van der Waals surface area (Å²) in [6.45, 7) is 2.08. The zero-order chi connectivity index (χ0) is 22.9. The first-order chi connectivity index (χ1) is 15.5. The molecule has 0 unspecified atom stereocenters. The minimum absolute atomic E-state index is 0.0451. The predicted octanol–water partition coefficient (Wildman–Crippen LogP) is 4.35. The quantitative estimate of drug-likeness (QED) is 0.520. The van der Waals surface area contributed by atoms with E-state index in [1.807, 2.05) is 48.5 Å². The molecule has 3 rings (SSSR count). The van der Waals surface area contributed by atoms with E-state index in [2.05, 4.69) is 10.6 Å². The van der Waals surface area contributed by atoms with E-state index >= 15 is 0 Å². The summed E-state index contributed by atoms with van der Waals surface area (Å²) in [4.78, 5) is 25.9. The van der Waals surface area contributed by atoms with E-state index in [4.69, 9.17) is 4.74 Å². The summed E-state index contributed by atoms with van der Waals surface area (Å²) in [6.07, 6.45) is 0.681. The Morgan fingerprint density at radius 2 is 1.56 bits per heavy atom. The van der Waals surface area contributed by atoms with Gasteiger partial charge >= 0.3 is 0 Å². The van der Waals surface area contributed by atoms with Gasteiger partial charge in [0, 0.05) is 12.2 Å². The van der Waals surface area contributed by atoms with Gasteiger partial charge in [-0.1, -0.05) is 66.7 Å². The van der Waals surface area contributed by atoms with Gasteiger partial charge in [-0.25, -0.2) is 4.39 Å². The molecule has 32 heavy (non-hydrogen) atoms. The van der Waals surface area contributed by atoms with Crippen molar-refractivity contribution < 1.29 is 18.7 Å². The molecule has 0 aliphatic carbocycles. The summed E-state index contributed by atoms with van der Waals surface area (Å²) in [6, 6.07) is 23.0. The molecule has 0 fully saturated rings. The fourth-order valence-electron chi connectivity index (χ4n) is 3.37. The Morgan fingerprint density at radius 1 is 0.906 bits per heavy atom. The third-order valence-electron chi connectivity index (χ3n) is 4.92. The van der Waals surface area contributed by atoms with Crippen molar-refractivity contribution in [2.75, 3.05) is 13.7 Å². The standard InChI is InChI=1S/C26H25FN2O3/c1-18(29-25(30)21-14-9-15-22(27)24(21)32-2)23(20-12-7-4-8-13-20)26(31)28-17-16-19-10-5-3-6-11-19/h3-15H,16-17H2,1-2H3,(H,28,31)(H,29,30). The van der Waals surface area contributed by atoms with Gasteiger partial charge in [0.25, 0.3) is 11.8 Å². The predicted molar refractivity (Wildman–Crippen MR) is 123 cm³/mol. The Morgan fingerprint density at radius 3 is 2.22 bits per heavy atom. The maximum atomic E-state index is 14.0. The minimum Gasteiger partial charge on any atom is -0.493 e. The largest absolute Gasteiger partial charge is 0.493 e. The number of halogens is 1. The van der Waals surface area contributed by atoms with Crippen LogP contribution < -0.4 is 15.4 Å². The lowest BCUT2D eigenvalue weighted by molar-refractivity contribution is -0.115. The SMILES string of the molecule is COc1c(F)cccc1C(=O)NC(C)=C(C(=O)NCCc1ccccc1)c1ccccc1. The van der Waals surface area contributed by atoms with E-state index < -0.39 is 11.7 Å². The first-order valence-electron chi connectivity index (χ1n) is 10.2. The molecule has 6 heteroatoms. The van der Waals surface area contributed by atoms with Crippen molar-refractivity contribution in [1.82, 2.24) is 10.6 Å². The Labute approximate surface area is 186 Å². The van der Waals surface area contributed by atoms with Crippen LogP contribution >= 0.6 is 0 Å². The van der Waals surface area contributed by atoms with E-state index in [0.717, 1.165) is 5.56 Å². The molecule has 0 aromatic heterocycles. The van der Waals surface area contributed by atoms with Crippen molar-refractivity contribution in [3.05, 3.63) is 107 Å². The van der Waals surface area contributed by atoms with Crippen LogP contribution in [0.2, 0.25) is 0 Å². The van der Waals surface area contributed by atoms with Crippen molar-refractivity contribution in [2.45, 2.75) is 13.3 Å². The average molecular weight is 432 g/mol. The van der Waals surface area contributed by atoms with Crippen molar-refractivity contribution in [3.8, 4) is 5.75 Å². The highest BCUT2D eigenvalue weighted by molar-refractivity contribution is 6.21. The Balaban J connectivity index is 1.83. The van der Waals surface area contributed by atoms with Crippen LogP contribution in [0.4, 0.5) is 4.39 Å². The van der Waals surface area contributed by atoms with E-state index in [0.29, 0.717) is 29.8 Å². The number of carbonyl (C=O) groups excluding carboxylic acids is 2. The van der Waals surface area contributed by atoms with Gasteiger partial charge in [0.1, 0.15) is 0 Å². The van der Waals surface area contributed by atoms with Crippen molar-refractivity contribution >= 4 is 17.4 Å². The molecule has 0 radical (unpaired) electrons. The van der Waals surface area contributed by atoms with Gasteiger partial charge < -0.3 is 15.4 Å². The molecule has 0 heterocycles. The number of methoxy groups -OCH3 is 1. The normalized spacial score (nSPS) is 11.3. The van der Waals surface area contributed by atoms with Crippen LogP contribution in [-0.4, -0.2) is 25.5 Å². The summed E-state index contributed by atoms with van der Waals surface area (Å²) >= 11 is 0. The summed E-state index contributed by atoms with van der Waals surface area (Å²) in [5.74, 6) is -1.66. The molecule has 0 bridgehead atoms. The number of carbonyl (C=O) groups is 2. The minimum atomic E-state index is -0.635. The van der Waals surface area contributed by atoms with E-state index in [9.17, 15) is 14.0 Å². The van der Waals surface area contributed by atoms with Crippen LogP contribution in [0.5, 0.6) is 5.75 Å². The number of hydrogen-bond donors (Lipinski definition) is 2. The summed E-state index contributed by atoms with van der Waals surface area (Å²) in [5.41, 5.74) is 2.51. The zero-order valence-corrected chi connectivity index (χ0v) is 18.0. The molecule has 164 valence electrons. The molecule has 2 N–H and O–H groups in total. The van der Waals surface area contributed by atoms with Crippen LogP contribution in [0.1, 0.15) is 28.4 Å². The molecule has 3 aromatic rings. The van der Waals surface area contributed by atoms with Crippen LogP contribution in [-0.2, 0) is 11.2 Å². The second-order valence-electron chi connectivity index (χ2n) is 7.13. The highest BCUT2D eigenvalue weighted by Gasteiger charge is 2.20. The fraction of sp³-hybridized carbons (Fsp3) is 0.154. The first kappa shape index (κ1) is 22.7. The van der Waals surface area contributed by atoms with Crippen molar-refractivity contribution in [3.63, 3.8) is 0 Å². The van der Waals surface area contributed by atoms with Gasteiger partial charge in [-0.15, -0.1) is 0 Å². The maximum absolute atomic E-state index is 14.0. The zero-order valence-electron chi connectivity index (χ0n) is 18.0. The highest BCUT2D eigenvalue weighted by Crippen LogP contribution is 2.23. The highest BCUT2D eigenvalue weighted by atomic mass is 19.1. The van der Waals surface area contributed by atoms with Gasteiger partial charge in [0.2, 0.25) is 0 Å². The molecule has 0 aliphatic heterocycles. The summed E-state index contributed by atoms with van der Waals surface area (Å²) in [5, 5.41) is 5.64. The third kappa shape index (κ3) is 5.60. The molecule has 0 atom stereocenters. The van der Waals surface area contributed by atoms with Gasteiger partial charge in [-0.05, 0) is 36.6 Å². The Bertz CT molecular complexity index is 1110. The van der Waals surface area contributed by atoms with Gasteiger partial charge in [-0.2, -0.15) is 0 Å². The molecule has 0 spiro atoms. The van der Waals surface area contributed by atoms with E-state index in [1.54, 1.807) is 19.1 Å². The molecule has 0 saturated carbocycles. The number of hydrogen-bond acceptors (Lipinski definition) is 3. The molecular weight excluding hydrogens is 407 g/mol. The topological polar surface area (TPSA) is 67.4 Å². The number of amides is 2. The van der Waals surface area contributed by atoms with E-state index in [1.165, 1.54) is 25.3 Å². The van der Waals surface area contributed by atoms with Gasteiger partial charge in [0.15, 0.2) is 11.6 Å². The van der Waals surface area contributed by atoms with Crippen LogP contribution in [0, 0.1) is 5.82 Å². The lowest BCUT2D eigenvalue weighted by Crippen LogP contribution is -2.30. The summed E-state index contributed by atoms with van der Waals surface area (Å²) < 4.78 is 19.0. The number of benzene rings is 3. The number of nitrogens with one attached hydrogen (secondary N) is 2. The van der Waals surface area contributed by atoms with Crippen molar-refractivity contribution in [1.29, 1.82) is 0 Å². The molecule has 2 amide bonds.